The van der Waals surface area contributed by atoms with Gasteiger partial charge in [-0.1, -0.05) is 189 Å². The van der Waals surface area contributed by atoms with E-state index in [1.54, 1.807) is 0 Å². The van der Waals surface area contributed by atoms with E-state index in [0.29, 0.717) is 0 Å². The number of hydrogen-bond donors (Lipinski definition) is 2. The fourth-order valence-electron chi connectivity index (χ4n) is 7.19. The first-order chi connectivity index (χ1) is 27.2. The zero-order valence-electron chi connectivity index (χ0n) is 31.7. The van der Waals surface area contributed by atoms with Crippen LogP contribution < -0.4 is 11.1 Å². The quantitative estimate of drug-likeness (QED) is 0.148. The van der Waals surface area contributed by atoms with Gasteiger partial charge < -0.3 is 11.1 Å². The monoisotopic (exact) mass is 712 g/mol. The van der Waals surface area contributed by atoms with E-state index in [2.05, 4.69) is 212 Å². The van der Waals surface area contributed by atoms with Crippen molar-refractivity contribution in [3.05, 3.63) is 223 Å². The van der Waals surface area contributed by atoms with Crippen molar-refractivity contribution in [1.29, 1.82) is 0 Å². The molecule has 7 aromatic rings. The lowest BCUT2D eigenvalue weighted by Crippen LogP contribution is -2.06. The van der Waals surface area contributed by atoms with E-state index < -0.39 is 0 Å². The summed E-state index contributed by atoms with van der Waals surface area (Å²) >= 11 is 0. The smallest absolute Gasteiger partial charge is 0.0464 e. The van der Waals surface area contributed by atoms with E-state index in [1.165, 1.54) is 39.0 Å². The van der Waals surface area contributed by atoms with Gasteiger partial charge in [0, 0.05) is 28.6 Å². The molecule has 2 heteroatoms. The zero-order chi connectivity index (χ0) is 37.8. The van der Waals surface area contributed by atoms with Crippen LogP contribution in [0.25, 0.3) is 50.2 Å². The van der Waals surface area contributed by atoms with Crippen LogP contribution in [0.5, 0.6) is 0 Å². The van der Waals surface area contributed by atoms with Crippen LogP contribution in [-0.2, 0) is 0 Å². The summed E-state index contributed by atoms with van der Waals surface area (Å²) in [4.78, 5) is 0. The fraction of sp³-hybridized carbons (Fsp3) is 0.0943. The molecular weight excluding hydrogens is 665 g/mol. The summed E-state index contributed by atoms with van der Waals surface area (Å²) in [5.74, 6) is 0.156. The van der Waals surface area contributed by atoms with Gasteiger partial charge in [-0.2, -0.15) is 0 Å². The maximum absolute atomic E-state index is 6.76. The molecule has 0 radical (unpaired) electrons. The van der Waals surface area contributed by atoms with Gasteiger partial charge in [0.25, 0.3) is 0 Å². The minimum absolute atomic E-state index is 0.156. The van der Waals surface area contributed by atoms with Crippen molar-refractivity contribution in [2.24, 2.45) is 5.73 Å². The maximum atomic E-state index is 6.76. The van der Waals surface area contributed by atoms with Gasteiger partial charge in [0.15, 0.2) is 0 Å². The van der Waals surface area contributed by atoms with Crippen LogP contribution in [0.1, 0.15) is 43.7 Å². The highest BCUT2D eigenvalue weighted by Crippen LogP contribution is 2.37. The summed E-state index contributed by atoms with van der Waals surface area (Å²) in [6.07, 6.45) is 11.0. The number of rotatable bonds is 10. The van der Waals surface area contributed by atoms with Gasteiger partial charge in [-0.15, -0.1) is 0 Å². The van der Waals surface area contributed by atoms with Crippen molar-refractivity contribution in [2.45, 2.75) is 32.6 Å². The molecule has 1 aliphatic carbocycles. The summed E-state index contributed by atoms with van der Waals surface area (Å²) in [5, 5.41) is 3.74. The summed E-state index contributed by atoms with van der Waals surface area (Å²) < 4.78 is 0. The molecule has 0 saturated carbocycles. The van der Waals surface area contributed by atoms with Crippen molar-refractivity contribution in [3.8, 4) is 44.5 Å². The molecule has 0 aliphatic heterocycles. The Morgan fingerprint density at radius 2 is 1.07 bits per heavy atom. The van der Waals surface area contributed by atoms with Crippen LogP contribution in [0.15, 0.2) is 212 Å². The molecule has 0 spiro atoms. The first-order valence-corrected chi connectivity index (χ1v) is 19.4. The van der Waals surface area contributed by atoms with Crippen LogP contribution in [-0.4, -0.2) is 0 Å². The number of benzene rings is 7. The highest BCUT2D eigenvalue weighted by molar-refractivity contribution is 5.87. The van der Waals surface area contributed by atoms with Gasteiger partial charge in [-0.25, -0.2) is 0 Å². The van der Waals surface area contributed by atoms with Crippen LogP contribution in [0, 0.1) is 0 Å². The van der Waals surface area contributed by atoms with E-state index in [4.69, 9.17) is 5.73 Å². The highest BCUT2D eigenvalue weighted by atomic mass is 14.9. The van der Waals surface area contributed by atoms with Gasteiger partial charge in [-0.3, -0.25) is 0 Å². The molecule has 7 aromatic carbocycles. The molecule has 1 aliphatic rings. The Bertz CT molecular complexity index is 2390. The second kappa shape index (κ2) is 17.9. The maximum Gasteiger partial charge on any atom is 0.0464 e. The minimum Gasteiger partial charge on any atom is -0.398 e. The number of allylic oxidation sites excluding steroid dienone is 5. The topological polar surface area (TPSA) is 38.0 Å². The third-order valence-electron chi connectivity index (χ3n) is 10.1. The summed E-state index contributed by atoms with van der Waals surface area (Å²) in [5.41, 5.74) is 22.7. The Morgan fingerprint density at radius 1 is 0.545 bits per heavy atom. The first kappa shape index (κ1) is 36.7. The van der Waals surface area contributed by atoms with Crippen LogP contribution in [0.4, 0.5) is 11.4 Å². The number of nitrogens with one attached hydrogen (secondary N) is 1. The van der Waals surface area contributed by atoms with Crippen molar-refractivity contribution >= 4 is 17.1 Å². The van der Waals surface area contributed by atoms with E-state index in [9.17, 15) is 0 Å². The first-order valence-electron chi connectivity index (χ1n) is 19.4. The van der Waals surface area contributed by atoms with Gasteiger partial charge in [0.1, 0.15) is 0 Å². The predicted molar refractivity (Wildman–Crippen MR) is 237 cm³/mol. The van der Waals surface area contributed by atoms with Crippen LogP contribution >= 0.6 is 0 Å². The third kappa shape index (κ3) is 8.95. The Labute approximate surface area is 327 Å². The predicted octanol–water partition coefficient (Wildman–Crippen LogP) is 14.5. The van der Waals surface area contributed by atoms with Gasteiger partial charge in [-0.05, 0) is 99.3 Å². The molecule has 8 rings (SSSR count). The van der Waals surface area contributed by atoms with Crippen molar-refractivity contribution in [3.63, 3.8) is 0 Å². The zero-order valence-corrected chi connectivity index (χ0v) is 31.7. The number of anilines is 2. The Hall–Kier alpha value is -6.64. The number of hydrogen-bond acceptors (Lipinski definition) is 2. The Balaban J connectivity index is 0.00000229. The van der Waals surface area contributed by atoms with Crippen LogP contribution in [0.2, 0.25) is 0 Å². The van der Waals surface area contributed by atoms with E-state index in [-0.39, 0.29) is 5.92 Å². The second-order valence-corrected chi connectivity index (χ2v) is 13.6. The summed E-state index contributed by atoms with van der Waals surface area (Å²) in [7, 11) is 0. The van der Waals surface area contributed by atoms with E-state index >= 15 is 0 Å². The molecular formula is C53H48N2. The largest absolute Gasteiger partial charge is 0.398 e. The third-order valence-corrected chi connectivity index (χ3v) is 10.1. The molecule has 0 fully saturated rings. The normalized spacial score (nSPS) is 12.9. The SMILES string of the molecule is CC.N/C(=C\C(C1=CC=CCC1)c1ccccc1)c1ccc(-c2ccc(Nc3ccc(-c4ccccc4)cc3-c3cccc(-c4ccccc4)c3)cc2)cc1. The lowest BCUT2D eigenvalue weighted by Gasteiger charge is -2.20. The molecule has 0 heterocycles. The lowest BCUT2D eigenvalue weighted by atomic mass is 9.85. The second-order valence-electron chi connectivity index (χ2n) is 13.6. The fourth-order valence-corrected chi connectivity index (χ4v) is 7.19. The van der Waals surface area contributed by atoms with Gasteiger partial charge in [0.2, 0.25) is 0 Å². The van der Waals surface area contributed by atoms with Gasteiger partial charge >= 0.3 is 0 Å². The van der Waals surface area contributed by atoms with E-state index in [1.807, 2.05) is 13.8 Å². The molecule has 0 aromatic heterocycles. The molecule has 55 heavy (non-hydrogen) atoms. The van der Waals surface area contributed by atoms with Crippen molar-refractivity contribution < 1.29 is 0 Å². The van der Waals surface area contributed by atoms with E-state index in [0.717, 1.165) is 52.2 Å². The Morgan fingerprint density at radius 3 is 1.69 bits per heavy atom. The molecule has 0 saturated heterocycles. The van der Waals surface area contributed by atoms with Crippen molar-refractivity contribution in [2.75, 3.05) is 5.32 Å². The Kier molecular flexibility index (Phi) is 12.0. The van der Waals surface area contributed by atoms with Gasteiger partial charge in [0.05, 0.1) is 0 Å². The molecule has 0 amide bonds. The summed E-state index contributed by atoms with van der Waals surface area (Å²) in [6.45, 7) is 4.00. The average Bonchev–Trinajstić information content (AvgIpc) is 3.28. The summed E-state index contributed by atoms with van der Waals surface area (Å²) in [6, 6.07) is 64.6. The molecule has 2 nitrogen and oxygen atoms in total. The standard InChI is InChI=1S/C51H42N2.C2H6/c52-50(36-48(41-18-9-3-10-19-41)42-20-11-4-12-21-42)43-26-24-39(25-27-43)40-28-31-47(32-29-40)53-51-33-30-45(38-16-7-2-8-17-38)35-49(51)46-23-13-22-44(34-46)37-14-5-1-6-15-37;1-2/h1-11,13-20,22-36,48,53H,12,21,52H2;1-2H3/b50-36-;. The minimum atomic E-state index is 0.156. The number of nitrogens with two attached hydrogens (primary N) is 1. The lowest BCUT2D eigenvalue weighted by molar-refractivity contribution is 0.851. The van der Waals surface area contributed by atoms with Crippen molar-refractivity contribution in [1.82, 2.24) is 0 Å². The highest BCUT2D eigenvalue weighted by Gasteiger charge is 2.16. The molecule has 1 unspecified atom stereocenters. The molecule has 270 valence electrons. The molecule has 3 N–H and O–H groups in total. The average molecular weight is 713 g/mol. The van der Waals surface area contributed by atoms with Crippen LogP contribution in [0.3, 0.4) is 0 Å². The molecule has 1 atom stereocenters. The molecule has 0 bridgehead atoms.